The average molecular weight is 105 g/mol. The number of nitrogens with two attached hydrogens (primary N) is 2. The van der Waals surface area contributed by atoms with Crippen LogP contribution in [0.1, 0.15) is 0 Å². The van der Waals surface area contributed by atoms with Gasteiger partial charge in [0.05, 0.1) is 6.54 Å². The third-order valence-corrected chi connectivity index (χ3v) is 0.430. The van der Waals surface area contributed by atoms with Crippen LogP contribution >= 0.6 is 0 Å². The first-order chi connectivity index (χ1) is 3.18. The van der Waals surface area contributed by atoms with Crippen molar-refractivity contribution in [1.29, 1.82) is 0 Å². The van der Waals surface area contributed by atoms with E-state index in [9.17, 15) is 4.79 Å². The largest absolute Gasteiger partial charge is 0.322 e. The lowest BCUT2D eigenvalue weighted by atomic mass is 10.6. The van der Waals surface area contributed by atoms with Crippen molar-refractivity contribution in [3.05, 3.63) is 0 Å². The minimum Gasteiger partial charge on any atom is -0.322 e. The van der Waals surface area contributed by atoms with Gasteiger partial charge in [0.15, 0.2) is 0 Å². The topological polar surface area (TPSA) is 92.6 Å². The molecule has 0 rings (SSSR count). The molecule has 0 atom stereocenters. The van der Waals surface area contributed by atoms with Crippen LogP contribution in [0, 0.1) is 0 Å². The highest BCUT2D eigenvalue weighted by atomic mass is 16.5. The molecule has 5 heteroatoms. The fraction of sp³-hybridized carbons (Fsp3) is 0.500. The van der Waals surface area contributed by atoms with Crippen molar-refractivity contribution < 1.29 is 10.0 Å². The van der Waals surface area contributed by atoms with Crippen molar-refractivity contribution in [3.63, 3.8) is 0 Å². The van der Waals surface area contributed by atoms with Gasteiger partial charge in [0.2, 0.25) is 0 Å². The van der Waals surface area contributed by atoms with E-state index in [1.807, 2.05) is 0 Å². The molecule has 0 radical (unpaired) electrons. The van der Waals surface area contributed by atoms with E-state index >= 15 is 0 Å². The fourth-order valence-electron chi connectivity index (χ4n) is 0.0935. The van der Waals surface area contributed by atoms with E-state index in [0.717, 1.165) is 0 Å². The van der Waals surface area contributed by atoms with Gasteiger partial charge in [0.25, 0.3) is 5.91 Å². The number of rotatable bonds is 1. The predicted octanol–water partition coefficient (Wildman–Crippen LogP) is -1.96. The Kier molecular flexibility index (Phi) is 2.28. The lowest BCUT2D eigenvalue weighted by Gasteiger charge is -2.02. The summed E-state index contributed by atoms with van der Waals surface area (Å²) in [5, 5.41) is 7.96. The lowest BCUT2D eigenvalue weighted by molar-refractivity contribution is -0.164. The normalized spacial score (nSPS) is 8.43. The van der Waals surface area contributed by atoms with Gasteiger partial charge >= 0.3 is 0 Å². The molecule has 0 aliphatic carbocycles. The third kappa shape index (κ3) is 2.10. The first kappa shape index (κ1) is 6.35. The minimum absolute atomic E-state index is 0.0417. The molecule has 0 aliphatic rings. The molecule has 42 valence electrons. The molecule has 0 aliphatic heterocycles. The predicted molar refractivity (Wildman–Crippen MR) is 21.9 cm³/mol. The molecule has 0 saturated carbocycles. The number of hydrazine groups is 1. The lowest BCUT2D eigenvalue weighted by Crippen LogP contribution is -2.38. The maximum Gasteiger partial charge on any atom is 0.274 e. The van der Waals surface area contributed by atoms with Crippen molar-refractivity contribution >= 4 is 5.91 Å². The Labute approximate surface area is 40.4 Å². The van der Waals surface area contributed by atoms with Crippen molar-refractivity contribution in [2.45, 2.75) is 0 Å². The summed E-state index contributed by atoms with van der Waals surface area (Å²) in [4.78, 5) is 9.94. The Morgan fingerprint density at radius 3 is 2.29 bits per heavy atom. The zero-order valence-corrected chi connectivity index (χ0v) is 3.66. The van der Waals surface area contributed by atoms with Gasteiger partial charge in [-0.1, -0.05) is 0 Å². The van der Waals surface area contributed by atoms with E-state index < -0.39 is 5.91 Å². The smallest absolute Gasteiger partial charge is 0.274 e. The molecule has 0 aromatic carbocycles. The van der Waals surface area contributed by atoms with Gasteiger partial charge in [-0.15, -0.1) is 0 Å². The van der Waals surface area contributed by atoms with Gasteiger partial charge < -0.3 is 5.73 Å². The minimum atomic E-state index is -0.708. The maximum absolute atomic E-state index is 9.94. The first-order valence-corrected chi connectivity index (χ1v) is 1.65. The molecule has 0 aromatic heterocycles. The summed E-state index contributed by atoms with van der Waals surface area (Å²) in [5.41, 5.74) is 4.74. The second-order valence-electron chi connectivity index (χ2n) is 0.942. The number of amides is 1. The van der Waals surface area contributed by atoms with Gasteiger partial charge in [-0.05, 0) is 0 Å². The molecule has 0 aromatic rings. The molecule has 0 fully saturated rings. The SMILES string of the molecule is NCC(=O)N(N)O. The van der Waals surface area contributed by atoms with E-state index in [0.29, 0.717) is 0 Å². The van der Waals surface area contributed by atoms with Gasteiger partial charge in [-0.3, -0.25) is 10.0 Å². The monoisotopic (exact) mass is 105 g/mol. The molecular weight excluding hydrogens is 98.0 g/mol. The highest BCUT2D eigenvalue weighted by Crippen LogP contribution is 1.64. The summed E-state index contributed by atoms with van der Waals surface area (Å²) in [6, 6.07) is 0. The molecule has 5 N–H and O–H groups in total. The molecule has 5 nitrogen and oxygen atoms in total. The molecule has 1 amide bonds. The van der Waals surface area contributed by atoms with Crippen LogP contribution < -0.4 is 11.6 Å². The Morgan fingerprint density at radius 2 is 2.29 bits per heavy atom. The number of hydrogen-bond acceptors (Lipinski definition) is 4. The summed E-state index contributed by atoms with van der Waals surface area (Å²) < 4.78 is 0. The van der Waals surface area contributed by atoms with Gasteiger partial charge in [0, 0.05) is 0 Å². The second-order valence-corrected chi connectivity index (χ2v) is 0.942. The number of hydroxylamine groups is 1. The molecule has 0 spiro atoms. The van der Waals surface area contributed by atoms with Crippen molar-refractivity contribution in [3.8, 4) is 0 Å². The van der Waals surface area contributed by atoms with Crippen LogP contribution in [0.15, 0.2) is 0 Å². The zero-order valence-electron chi connectivity index (χ0n) is 3.66. The van der Waals surface area contributed by atoms with Crippen molar-refractivity contribution in [1.82, 2.24) is 5.17 Å². The average Bonchev–Trinajstić information content (AvgIpc) is 1.65. The van der Waals surface area contributed by atoms with Crippen molar-refractivity contribution in [2.75, 3.05) is 6.54 Å². The van der Waals surface area contributed by atoms with Crippen LogP contribution in [0.25, 0.3) is 0 Å². The summed E-state index contributed by atoms with van der Waals surface area (Å²) in [5.74, 6) is 3.80. The van der Waals surface area contributed by atoms with Crippen LogP contribution in [-0.4, -0.2) is 22.8 Å². The Bertz CT molecular complexity index is 71.3. The van der Waals surface area contributed by atoms with Crippen LogP contribution in [0.5, 0.6) is 0 Å². The third-order valence-electron chi connectivity index (χ3n) is 0.430. The Hall–Kier alpha value is -0.650. The highest BCUT2D eigenvalue weighted by Gasteiger charge is 1.99. The van der Waals surface area contributed by atoms with Gasteiger partial charge in [-0.2, -0.15) is 5.17 Å². The maximum atomic E-state index is 9.94. The van der Waals surface area contributed by atoms with E-state index in [1.165, 1.54) is 0 Å². The summed E-state index contributed by atoms with van der Waals surface area (Å²) in [6.07, 6.45) is 0. The number of carbonyl (C=O) groups is 1. The van der Waals surface area contributed by atoms with Crippen LogP contribution in [-0.2, 0) is 4.79 Å². The number of hydrogen-bond donors (Lipinski definition) is 3. The fourth-order valence-corrected chi connectivity index (χ4v) is 0.0935. The van der Waals surface area contributed by atoms with Crippen LogP contribution in [0.2, 0.25) is 0 Å². The van der Waals surface area contributed by atoms with Gasteiger partial charge in [-0.25, -0.2) is 5.84 Å². The summed E-state index contributed by atoms with van der Waals surface area (Å²) in [6.45, 7) is -0.271. The molecule has 0 unspecified atom stereocenters. The molecule has 7 heavy (non-hydrogen) atoms. The number of carbonyl (C=O) groups excluding carboxylic acids is 1. The van der Waals surface area contributed by atoms with E-state index in [1.54, 1.807) is 0 Å². The first-order valence-electron chi connectivity index (χ1n) is 1.65. The Balaban J connectivity index is 3.35. The van der Waals surface area contributed by atoms with E-state index in [-0.39, 0.29) is 11.7 Å². The number of nitrogens with zero attached hydrogens (tertiary/aromatic N) is 1. The van der Waals surface area contributed by atoms with Crippen molar-refractivity contribution in [2.24, 2.45) is 11.6 Å². The zero-order chi connectivity index (χ0) is 5.86. The van der Waals surface area contributed by atoms with E-state index in [2.05, 4.69) is 5.84 Å². The standard InChI is InChI=1S/C2H7N3O2/c3-1-2(6)5(4)7/h7H,1,3-4H2. The second kappa shape index (κ2) is 2.51. The summed E-state index contributed by atoms with van der Waals surface area (Å²) >= 11 is 0. The Morgan fingerprint density at radius 1 is 1.86 bits per heavy atom. The quantitative estimate of drug-likeness (QED) is 0.156. The molecule has 0 saturated heterocycles. The molecular formula is C2H7N3O2. The molecule has 0 heterocycles. The van der Waals surface area contributed by atoms with Gasteiger partial charge in [0.1, 0.15) is 0 Å². The van der Waals surface area contributed by atoms with E-state index in [4.69, 9.17) is 10.9 Å². The molecule has 0 bridgehead atoms. The van der Waals surface area contributed by atoms with Crippen LogP contribution in [0.4, 0.5) is 0 Å². The van der Waals surface area contributed by atoms with Crippen LogP contribution in [0.3, 0.4) is 0 Å². The summed E-state index contributed by atoms with van der Waals surface area (Å²) in [7, 11) is 0. The highest BCUT2D eigenvalue weighted by molar-refractivity contribution is 5.76.